The molecule has 1 fully saturated rings. The molecule has 0 radical (unpaired) electrons. The molecule has 0 amide bonds. The molecule has 1 aliphatic rings. The van der Waals surface area contributed by atoms with Crippen LogP contribution in [0.2, 0.25) is 0 Å². The lowest BCUT2D eigenvalue weighted by Crippen LogP contribution is -2.33. The molecule has 0 saturated carbocycles. The summed E-state index contributed by atoms with van der Waals surface area (Å²) in [6, 6.07) is 0.207. The highest BCUT2D eigenvalue weighted by Gasteiger charge is 2.30. The highest BCUT2D eigenvalue weighted by Crippen LogP contribution is 2.32. The first-order valence-electron chi connectivity index (χ1n) is 8.22. The topological polar surface area (TPSA) is 64.9 Å². The van der Waals surface area contributed by atoms with Crippen LogP contribution >= 0.6 is 11.5 Å². The molecular formula is C16H25N5OS. The van der Waals surface area contributed by atoms with E-state index in [1.54, 1.807) is 0 Å². The smallest absolute Gasteiger partial charge is 0.202 e. The van der Waals surface area contributed by atoms with Crippen LogP contribution in [0.25, 0.3) is 0 Å². The van der Waals surface area contributed by atoms with Crippen LogP contribution in [0.5, 0.6) is 0 Å². The van der Waals surface area contributed by atoms with Crippen LogP contribution in [-0.2, 0) is 16.7 Å². The minimum absolute atomic E-state index is 0.0195. The Hall–Kier alpha value is -1.47. The van der Waals surface area contributed by atoms with Crippen LogP contribution in [0.4, 0.5) is 5.13 Å². The Kier molecular flexibility index (Phi) is 4.68. The molecule has 2 atom stereocenters. The van der Waals surface area contributed by atoms with Gasteiger partial charge in [0.05, 0.1) is 12.2 Å². The molecule has 23 heavy (non-hydrogen) atoms. The van der Waals surface area contributed by atoms with Gasteiger partial charge in [0.1, 0.15) is 11.9 Å². The van der Waals surface area contributed by atoms with E-state index in [0.29, 0.717) is 0 Å². The lowest BCUT2D eigenvalue weighted by Gasteiger charge is -2.31. The summed E-state index contributed by atoms with van der Waals surface area (Å²) in [5.41, 5.74) is 1.10. The Morgan fingerprint density at radius 3 is 2.91 bits per heavy atom. The highest BCUT2D eigenvalue weighted by molar-refractivity contribution is 7.09. The molecule has 2 aromatic heterocycles. The molecule has 0 bridgehead atoms. The summed E-state index contributed by atoms with van der Waals surface area (Å²) < 4.78 is 12.4. The molecular weight excluding hydrogens is 310 g/mol. The number of hydrogen-bond donors (Lipinski definition) is 1. The molecule has 1 aliphatic heterocycles. The van der Waals surface area contributed by atoms with E-state index in [-0.39, 0.29) is 17.6 Å². The van der Waals surface area contributed by atoms with Gasteiger partial charge in [0.2, 0.25) is 5.13 Å². The van der Waals surface area contributed by atoms with Crippen LogP contribution in [0.15, 0.2) is 12.4 Å². The number of ether oxygens (including phenoxy) is 1. The van der Waals surface area contributed by atoms with Gasteiger partial charge in [-0.25, -0.2) is 4.98 Å². The number of nitrogens with one attached hydrogen (secondary N) is 1. The van der Waals surface area contributed by atoms with Crippen LogP contribution in [0, 0.1) is 0 Å². The second-order valence-corrected chi connectivity index (χ2v) is 7.74. The Bertz CT molecular complexity index is 645. The SMILES string of the molecule is CCn1cc([C@H]2OCCC[C@@H]2Nc2nc(C(C)(C)C)ns2)cn1. The maximum atomic E-state index is 6.02. The third kappa shape index (κ3) is 3.72. The molecule has 0 spiro atoms. The van der Waals surface area contributed by atoms with Gasteiger partial charge in [-0.05, 0) is 19.8 Å². The summed E-state index contributed by atoms with van der Waals surface area (Å²) in [7, 11) is 0. The maximum Gasteiger partial charge on any atom is 0.202 e. The van der Waals surface area contributed by atoms with Gasteiger partial charge in [-0.2, -0.15) is 9.47 Å². The predicted molar refractivity (Wildman–Crippen MR) is 91.8 cm³/mol. The Labute approximate surface area is 141 Å². The van der Waals surface area contributed by atoms with E-state index in [4.69, 9.17) is 4.74 Å². The fraction of sp³-hybridized carbons (Fsp3) is 0.688. The summed E-state index contributed by atoms with van der Waals surface area (Å²) in [4.78, 5) is 4.65. The fourth-order valence-electron chi connectivity index (χ4n) is 2.70. The van der Waals surface area contributed by atoms with Crippen molar-refractivity contribution in [3.63, 3.8) is 0 Å². The first kappa shape index (κ1) is 16.4. The first-order chi connectivity index (χ1) is 11.0. The highest BCUT2D eigenvalue weighted by atomic mass is 32.1. The predicted octanol–water partition coefficient (Wildman–Crippen LogP) is 3.38. The summed E-state index contributed by atoms with van der Waals surface area (Å²) in [5, 5.41) is 8.78. The van der Waals surface area contributed by atoms with Crippen molar-refractivity contribution in [2.75, 3.05) is 11.9 Å². The minimum atomic E-state index is -0.0266. The monoisotopic (exact) mass is 335 g/mol. The molecule has 1 N–H and O–H groups in total. The largest absolute Gasteiger partial charge is 0.371 e. The Balaban J connectivity index is 1.75. The third-order valence-electron chi connectivity index (χ3n) is 4.03. The zero-order valence-electron chi connectivity index (χ0n) is 14.2. The average Bonchev–Trinajstić information content (AvgIpc) is 3.16. The second kappa shape index (κ2) is 6.57. The quantitative estimate of drug-likeness (QED) is 0.928. The molecule has 126 valence electrons. The van der Waals surface area contributed by atoms with Gasteiger partial charge in [-0.3, -0.25) is 4.68 Å². The number of aromatic nitrogens is 4. The lowest BCUT2D eigenvalue weighted by atomic mass is 9.96. The third-order valence-corrected chi connectivity index (χ3v) is 4.68. The number of anilines is 1. The van der Waals surface area contributed by atoms with Crippen molar-refractivity contribution < 1.29 is 4.74 Å². The Morgan fingerprint density at radius 2 is 2.26 bits per heavy atom. The van der Waals surface area contributed by atoms with Crippen molar-refractivity contribution in [3.8, 4) is 0 Å². The van der Waals surface area contributed by atoms with Crippen LogP contribution in [0.3, 0.4) is 0 Å². The zero-order chi connectivity index (χ0) is 16.4. The summed E-state index contributed by atoms with van der Waals surface area (Å²) >= 11 is 1.43. The van der Waals surface area contributed by atoms with E-state index in [1.165, 1.54) is 11.5 Å². The average molecular weight is 335 g/mol. The minimum Gasteiger partial charge on any atom is -0.371 e. The first-order valence-corrected chi connectivity index (χ1v) is 8.99. The van der Waals surface area contributed by atoms with E-state index < -0.39 is 0 Å². The fourth-order valence-corrected chi connectivity index (χ4v) is 3.52. The molecule has 0 unspecified atom stereocenters. The van der Waals surface area contributed by atoms with E-state index in [9.17, 15) is 0 Å². The van der Waals surface area contributed by atoms with Crippen molar-refractivity contribution in [1.82, 2.24) is 19.1 Å². The molecule has 7 heteroatoms. The lowest BCUT2D eigenvalue weighted by molar-refractivity contribution is 0.00559. The molecule has 2 aromatic rings. The van der Waals surface area contributed by atoms with E-state index in [2.05, 4.69) is 53.7 Å². The van der Waals surface area contributed by atoms with Gasteiger partial charge in [0.15, 0.2) is 0 Å². The number of aryl methyl sites for hydroxylation is 1. The van der Waals surface area contributed by atoms with Crippen molar-refractivity contribution >= 4 is 16.7 Å². The summed E-state index contributed by atoms with van der Waals surface area (Å²) in [6.07, 6.45) is 6.12. The normalized spacial score (nSPS) is 22.3. The standard InChI is InChI=1S/C16H25N5OS/c1-5-21-10-11(9-17-21)13-12(7-6-8-22-13)18-15-19-14(20-23-15)16(2,3)4/h9-10,12-13H,5-8H2,1-4H3,(H,18,19,20)/t12-,13+/m0/s1. The number of nitrogens with zero attached hydrogens (tertiary/aromatic N) is 4. The van der Waals surface area contributed by atoms with E-state index in [1.807, 2.05) is 10.9 Å². The summed E-state index contributed by atoms with van der Waals surface area (Å²) in [5.74, 6) is 0.886. The van der Waals surface area contributed by atoms with Gasteiger partial charge >= 0.3 is 0 Å². The van der Waals surface area contributed by atoms with Gasteiger partial charge in [0, 0.05) is 41.9 Å². The molecule has 0 aliphatic carbocycles. The zero-order valence-corrected chi connectivity index (χ0v) is 15.1. The molecule has 3 heterocycles. The van der Waals surface area contributed by atoms with Crippen molar-refractivity contribution in [1.29, 1.82) is 0 Å². The van der Waals surface area contributed by atoms with Crippen molar-refractivity contribution in [3.05, 3.63) is 23.8 Å². The van der Waals surface area contributed by atoms with Gasteiger partial charge < -0.3 is 10.1 Å². The van der Waals surface area contributed by atoms with E-state index in [0.717, 1.165) is 42.5 Å². The molecule has 6 nitrogen and oxygen atoms in total. The van der Waals surface area contributed by atoms with Gasteiger partial charge in [-0.1, -0.05) is 20.8 Å². The maximum absolute atomic E-state index is 6.02. The van der Waals surface area contributed by atoms with Crippen LogP contribution in [0.1, 0.15) is 58.0 Å². The molecule has 3 rings (SSSR count). The van der Waals surface area contributed by atoms with Crippen LogP contribution < -0.4 is 5.32 Å². The second-order valence-electron chi connectivity index (χ2n) is 6.99. The summed E-state index contributed by atoms with van der Waals surface area (Å²) in [6.45, 7) is 10.1. The van der Waals surface area contributed by atoms with E-state index >= 15 is 0 Å². The van der Waals surface area contributed by atoms with Gasteiger partial charge in [-0.15, -0.1) is 0 Å². The van der Waals surface area contributed by atoms with Crippen LogP contribution in [-0.4, -0.2) is 31.8 Å². The van der Waals surface area contributed by atoms with Gasteiger partial charge in [0.25, 0.3) is 0 Å². The molecule has 1 saturated heterocycles. The number of rotatable bonds is 4. The van der Waals surface area contributed by atoms with Crippen molar-refractivity contribution in [2.45, 2.75) is 64.6 Å². The van der Waals surface area contributed by atoms with Crippen molar-refractivity contribution in [2.24, 2.45) is 0 Å². The Morgan fingerprint density at radius 1 is 1.43 bits per heavy atom. The molecule has 0 aromatic carbocycles. The number of hydrogen-bond acceptors (Lipinski definition) is 6.